The fraction of sp³-hybridized carbons (Fsp3) is 0.167. The zero-order valence-electron chi connectivity index (χ0n) is 5.28. The molecule has 0 spiro atoms. The van der Waals surface area contributed by atoms with Crippen LogP contribution in [0.2, 0.25) is 0 Å². The molecule has 0 fully saturated rings. The number of halogens is 1. The normalized spacial score (nSPS) is 17.5. The molecule has 1 aliphatic rings. The van der Waals surface area contributed by atoms with E-state index < -0.39 is 0 Å². The maximum atomic E-state index is 11.0. The summed E-state index contributed by atoms with van der Waals surface area (Å²) in [5, 5.41) is 5.38. The van der Waals surface area contributed by atoms with Crippen molar-refractivity contribution >= 4 is 28.5 Å². The predicted octanol–water partition coefficient (Wildman–Crippen LogP) is 0.496. The van der Waals surface area contributed by atoms with Gasteiger partial charge in [0.25, 0.3) is 5.91 Å². The van der Waals surface area contributed by atoms with Gasteiger partial charge in [0.05, 0.1) is 0 Å². The Morgan fingerprint density at radius 1 is 1.70 bits per heavy atom. The molecule has 1 heterocycles. The molecule has 1 amide bonds. The van der Waals surface area contributed by atoms with Gasteiger partial charge in [-0.3, -0.25) is 4.79 Å². The van der Waals surface area contributed by atoms with Crippen molar-refractivity contribution in [3.05, 3.63) is 24.2 Å². The van der Waals surface area contributed by atoms with E-state index in [2.05, 4.69) is 39.8 Å². The van der Waals surface area contributed by atoms with E-state index in [-0.39, 0.29) is 5.91 Å². The molecule has 0 aromatic carbocycles. The Labute approximate surface area is 72.7 Å². The third-order valence-corrected chi connectivity index (χ3v) is 1.94. The van der Waals surface area contributed by atoms with Crippen molar-refractivity contribution in [1.82, 2.24) is 10.6 Å². The topological polar surface area (TPSA) is 41.1 Å². The van der Waals surface area contributed by atoms with Crippen LogP contribution in [-0.2, 0) is 4.79 Å². The van der Waals surface area contributed by atoms with E-state index in [4.69, 9.17) is 0 Å². The maximum Gasteiger partial charge on any atom is 0.254 e. The van der Waals surface area contributed by atoms with Gasteiger partial charge < -0.3 is 10.6 Å². The number of nitrogens with one attached hydrogen (secondary N) is 2. The quantitative estimate of drug-likeness (QED) is 0.525. The highest BCUT2D eigenvalue weighted by Gasteiger charge is 2.12. The van der Waals surface area contributed by atoms with Crippen LogP contribution in [0.15, 0.2) is 24.2 Å². The Morgan fingerprint density at radius 2 is 2.40 bits per heavy atom. The molecule has 0 atom stereocenters. The molecule has 0 aromatic rings. The van der Waals surface area contributed by atoms with E-state index in [0.29, 0.717) is 10.2 Å². The smallest absolute Gasteiger partial charge is 0.254 e. The summed E-state index contributed by atoms with van der Waals surface area (Å²) in [4.78, 5) is 11.0. The average Bonchev–Trinajstić information content (AvgIpc) is 1.88. The summed E-state index contributed by atoms with van der Waals surface area (Å²) in [6.45, 7) is 3.54. The number of rotatable bonds is 1. The fourth-order valence-corrected chi connectivity index (χ4v) is 1.16. The van der Waals surface area contributed by atoms with Gasteiger partial charge in [0.2, 0.25) is 0 Å². The van der Waals surface area contributed by atoms with Gasteiger partial charge >= 0.3 is 0 Å². The van der Waals surface area contributed by atoms with Crippen LogP contribution < -0.4 is 10.6 Å². The number of carbonyl (C=O) groups excluding carboxylic acids is 1. The van der Waals surface area contributed by atoms with Gasteiger partial charge in [0.1, 0.15) is 5.82 Å². The molecule has 0 unspecified atom stereocenters. The second-order valence-corrected chi connectivity index (χ2v) is 2.64. The molecule has 0 saturated heterocycles. The predicted molar refractivity (Wildman–Crippen MR) is 47.4 cm³/mol. The summed E-state index contributed by atoms with van der Waals surface area (Å²) < 4.78 is 0.712. The third-order valence-electron chi connectivity index (χ3n) is 1.12. The largest absolute Gasteiger partial charge is 0.348 e. The molecule has 4 heteroatoms. The molecule has 1 aliphatic heterocycles. The molecule has 0 saturated carbocycles. The first-order chi connectivity index (χ1) is 4.74. The number of carbonyl (C=O) groups is 1. The van der Waals surface area contributed by atoms with Gasteiger partial charge in [-0.1, -0.05) is 29.2 Å². The minimum Gasteiger partial charge on any atom is -0.348 e. The van der Waals surface area contributed by atoms with E-state index in [0.717, 1.165) is 5.57 Å². The molecule has 2 N–H and O–H groups in total. The first-order valence-electron chi connectivity index (χ1n) is 2.76. The molecule has 0 bridgehead atoms. The molecular formula is C6H7IN2O. The minimum absolute atomic E-state index is 0.0573. The van der Waals surface area contributed by atoms with E-state index in [1.807, 2.05) is 0 Å². The number of amides is 1. The first kappa shape index (κ1) is 7.59. The van der Waals surface area contributed by atoms with Crippen LogP contribution in [0.1, 0.15) is 0 Å². The third kappa shape index (κ3) is 1.50. The molecule has 10 heavy (non-hydrogen) atoms. The molecular weight excluding hydrogens is 243 g/mol. The van der Waals surface area contributed by atoms with E-state index in [9.17, 15) is 4.79 Å². The summed E-state index contributed by atoms with van der Waals surface area (Å²) >= 11 is 2.13. The van der Waals surface area contributed by atoms with Crippen LogP contribution in [-0.4, -0.2) is 10.3 Å². The van der Waals surface area contributed by atoms with Gasteiger partial charge in [-0.15, -0.1) is 0 Å². The van der Waals surface area contributed by atoms with Crippen molar-refractivity contribution in [3.63, 3.8) is 0 Å². The fourth-order valence-electron chi connectivity index (χ4n) is 0.592. The van der Waals surface area contributed by atoms with Crippen molar-refractivity contribution in [2.45, 2.75) is 0 Å². The summed E-state index contributed by atoms with van der Waals surface area (Å²) in [6.07, 6.45) is 1.67. The van der Waals surface area contributed by atoms with Gasteiger partial charge in [-0.05, 0) is 0 Å². The highest BCUT2D eigenvalue weighted by molar-refractivity contribution is 14.1. The standard InChI is InChI=1S/C6H7IN2O/c1-4-8-3-5(2-7)6(10)9-4/h3,8H,1-2H2,(H,9,10). The lowest BCUT2D eigenvalue weighted by atomic mass is 10.3. The lowest BCUT2D eigenvalue weighted by molar-refractivity contribution is -0.117. The monoisotopic (exact) mass is 250 g/mol. The Hall–Kier alpha value is -0.520. The van der Waals surface area contributed by atoms with Crippen molar-refractivity contribution in [3.8, 4) is 0 Å². The maximum absolute atomic E-state index is 11.0. The lowest BCUT2D eigenvalue weighted by Gasteiger charge is -2.14. The lowest BCUT2D eigenvalue weighted by Crippen LogP contribution is -2.35. The van der Waals surface area contributed by atoms with Crippen LogP contribution in [0, 0.1) is 0 Å². The van der Waals surface area contributed by atoms with Gasteiger partial charge in [0, 0.05) is 16.2 Å². The highest BCUT2D eigenvalue weighted by Crippen LogP contribution is 2.03. The zero-order chi connectivity index (χ0) is 7.56. The Kier molecular flexibility index (Phi) is 2.31. The Balaban J connectivity index is 2.75. The van der Waals surface area contributed by atoms with Crippen LogP contribution in [0.5, 0.6) is 0 Å². The van der Waals surface area contributed by atoms with Gasteiger partial charge in [-0.2, -0.15) is 0 Å². The molecule has 0 aromatic heterocycles. The number of hydrogen-bond donors (Lipinski definition) is 2. The first-order valence-corrected chi connectivity index (χ1v) is 4.28. The van der Waals surface area contributed by atoms with Gasteiger partial charge in [0.15, 0.2) is 0 Å². The highest BCUT2D eigenvalue weighted by atomic mass is 127. The van der Waals surface area contributed by atoms with Crippen molar-refractivity contribution in [1.29, 1.82) is 0 Å². The second kappa shape index (κ2) is 3.05. The molecule has 3 nitrogen and oxygen atoms in total. The van der Waals surface area contributed by atoms with Crippen molar-refractivity contribution in [2.24, 2.45) is 0 Å². The number of hydrogen-bond acceptors (Lipinski definition) is 2. The minimum atomic E-state index is -0.0573. The summed E-state index contributed by atoms with van der Waals surface area (Å²) in [5.74, 6) is 0.483. The molecule has 1 rings (SSSR count). The summed E-state index contributed by atoms with van der Waals surface area (Å²) in [5.41, 5.74) is 0.744. The van der Waals surface area contributed by atoms with Crippen molar-refractivity contribution in [2.75, 3.05) is 4.43 Å². The molecule has 54 valence electrons. The zero-order valence-corrected chi connectivity index (χ0v) is 7.44. The number of alkyl halides is 1. The summed E-state index contributed by atoms with van der Waals surface area (Å²) in [6, 6.07) is 0. The van der Waals surface area contributed by atoms with E-state index >= 15 is 0 Å². The molecule has 0 radical (unpaired) electrons. The van der Waals surface area contributed by atoms with Crippen molar-refractivity contribution < 1.29 is 4.79 Å². The van der Waals surface area contributed by atoms with Gasteiger partial charge in [-0.25, -0.2) is 0 Å². The van der Waals surface area contributed by atoms with Crippen LogP contribution in [0.3, 0.4) is 0 Å². The van der Waals surface area contributed by atoms with E-state index in [1.165, 1.54) is 0 Å². The van der Waals surface area contributed by atoms with Crippen LogP contribution in [0.25, 0.3) is 0 Å². The summed E-state index contributed by atoms with van der Waals surface area (Å²) in [7, 11) is 0. The molecule has 0 aliphatic carbocycles. The Bertz CT molecular complexity index is 210. The van der Waals surface area contributed by atoms with Crippen LogP contribution >= 0.6 is 22.6 Å². The van der Waals surface area contributed by atoms with E-state index in [1.54, 1.807) is 6.20 Å². The van der Waals surface area contributed by atoms with Crippen LogP contribution in [0.4, 0.5) is 0 Å². The average molecular weight is 250 g/mol. The SMILES string of the molecule is C=C1NC=C(CI)C(=O)N1. The second-order valence-electron chi connectivity index (χ2n) is 1.88. The Morgan fingerprint density at radius 3 is 2.90 bits per heavy atom.